The van der Waals surface area contributed by atoms with Gasteiger partial charge in [-0.15, -0.1) is 0 Å². The van der Waals surface area contributed by atoms with Gasteiger partial charge >= 0.3 is 27.3 Å². The lowest BCUT2D eigenvalue weighted by Gasteiger charge is -2.38. The Morgan fingerprint density at radius 1 is 0.957 bits per heavy atom. The molecular formula is C34H36F2O8S2. The number of carbonyl (C=O) groups is 2. The molecule has 0 atom stereocenters. The number of rotatable bonds is 11. The van der Waals surface area contributed by atoms with Crippen molar-refractivity contribution in [2.24, 2.45) is 0 Å². The van der Waals surface area contributed by atoms with Crippen molar-refractivity contribution < 1.29 is 44.6 Å². The molecule has 0 saturated heterocycles. The van der Waals surface area contributed by atoms with E-state index in [1.165, 1.54) is 6.92 Å². The first-order valence-corrected chi connectivity index (χ1v) is 17.7. The summed E-state index contributed by atoms with van der Waals surface area (Å²) in [4.78, 5) is 25.6. The van der Waals surface area contributed by atoms with Crippen LogP contribution in [-0.4, -0.2) is 44.4 Å². The second-order valence-electron chi connectivity index (χ2n) is 11.9. The highest BCUT2D eigenvalue weighted by Crippen LogP contribution is 2.77. The van der Waals surface area contributed by atoms with E-state index >= 15 is 8.78 Å². The van der Waals surface area contributed by atoms with Crippen LogP contribution in [0.5, 0.6) is 5.75 Å². The molecule has 0 bridgehead atoms. The molecule has 1 fully saturated rings. The number of benzene rings is 3. The summed E-state index contributed by atoms with van der Waals surface area (Å²) in [7, 11) is -9.07. The standard InChI is InChI=1S/C34H36F2O8S2/c1-22(2)32(38)42-21-34(35,36)46(39,40)44-45(28-14-8-6-12-26(28)27-13-7-9-15-29(27)45)25-18-23(3)31(24(4)19-25)41-20-30(37)43-33(5)16-10-11-17-33/h6-9,12-15,18-19H,1,10-11,16-17,20-21H2,2-5H3. The van der Waals surface area contributed by atoms with Crippen LogP contribution < -0.4 is 4.74 Å². The molecule has 0 spiro atoms. The second kappa shape index (κ2) is 12.5. The third-order valence-corrected chi connectivity index (χ3v) is 13.3. The van der Waals surface area contributed by atoms with Gasteiger partial charge in [-0.25, -0.2) is 13.2 Å². The van der Waals surface area contributed by atoms with Crippen LogP contribution in [0.15, 0.2) is 87.5 Å². The number of carbonyl (C=O) groups excluding carboxylic acids is 2. The first kappa shape index (κ1) is 33.6. The minimum absolute atomic E-state index is 0.163. The predicted molar refractivity (Wildman–Crippen MR) is 169 cm³/mol. The molecule has 3 aromatic carbocycles. The minimum atomic E-state index is -5.73. The molecule has 5 rings (SSSR count). The van der Waals surface area contributed by atoms with Crippen molar-refractivity contribution in [3.8, 4) is 16.9 Å². The smallest absolute Gasteiger partial charge is 0.403 e. The van der Waals surface area contributed by atoms with E-state index in [9.17, 15) is 18.0 Å². The van der Waals surface area contributed by atoms with E-state index in [2.05, 4.69) is 11.3 Å². The summed E-state index contributed by atoms with van der Waals surface area (Å²) >= 11 is 0. The van der Waals surface area contributed by atoms with E-state index in [0.717, 1.165) is 25.7 Å². The number of hydrogen-bond donors (Lipinski definition) is 0. The fourth-order valence-electron chi connectivity index (χ4n) is 5.86. The third-order valence-electron chi connectivity index (χ3n) is 8.08. The Balaban J connectivity index is 1.56. The van der Waals surface area contributed by atoms with Gasteiger partial charge in [-0.1, -0.05) is 43.0 Å². The van der Waals surface area contributed by atoms with Gasteiger partial charge in [-0.05, 0) is 110 Å². The largest absolute Gasteiger partial charge is 0.481 e. The van der Waals surface area contributed by atoms with Gasteiger partial charge in [-0.3, -0.25) is 0 Å². The maximum Gasteiger partial charge on any atom is 0.403 e. The highest BCUT2D eigenvalue weighted by atomic mass is 32.3. The lowest BCUT2D eigenvalue weighted by Crippen LogP contribution is -2.37. The van der Waals surface area contributed by atoms with Crippen molar-refractivity contribution in [2.45, 2.75) is 78.9 Å². The zero-order valence-electron chi connectivity index (χ0n) is 26.1. The summed E-state index contributed by atoms with van der Waals surface area (Å²) in [5.74, 6) is -1.28. The molecule has 1 aliphatic carbocycles. The third kappa shape index (κ3) is 6.17. The Labute approximate surface area is 269 Å². The van der Waals surface area contributed by atoms with Gasteiger partial charge in [0.1, 0.15) is 11.4 Å². The maximum absolute atomic E-state index is 15.4. The number of fused-ring (bicyclic) bond motifs is 3. The van der Waals surface area contributed by atoms with Crippen LogP contribution >= 0.6 is 10.3 Å². The monoisotopic (exact) mass is 674 g/mol. The first-order chi connectivity index (χ1) is 21.6. The van der Waals surface area contributed by atoms with Gasteiger partial charge in [0, 0.05) is 20.3 Å². The number of ether oxygens (including phenoxy) is 3. The average molecular weight is 675 g/mol. The van der Waals surface area contributed by atoms with Gasteiger partial charge in [-0.2, -0.15) is 17.2 Å². The van der Waals surface area contributed by atoms with E-state index in [0.29, 0.717) is 42.7 Å². The predicted octanol–water partition coefficient (Wildman–Crippen LogP) is 7.79. The molecule has 12 heteroatoms. The molecule has 1 aliphatic heterocycles. The van der Waals surface area contributed by atoms with Crippen LogP contribution in [0.1, 0.15) is 50.7 Å². The van der Waals surface area contributed by atoms with Gasteiger partial charge in [0.2, 0.25) is 0 Å². The van der Waals surface area contributed by atoms with Gasteiger partial charge < -0.3 is 14.2 Å². The average Bonchev–Trinajstić information content (AvgIpc) is 3.54. The van der Waals surface area contributed by atoms with Crippen LogP contribution in [0, 0.1) is 13.8 Å². The topological polar surface area (TPSA) is 105 Å². The van der Waals surface area contributed by atoms with Crippen LogP contribution in [0.25, 0.3) is 11.1 Å². The molecule has 8 nitrogen and oxygen atoms in total. The van der Waals surface area contributed by atoms with E-state index < -0.39 is 49.8 Å². The molecule has 2 aliphatic rings. The molecule has 1 heterocycles. The lowest BCUT2D eigenvalue weighted by molar-refractivity contribution is -0.159. The van der Waals surface area contributed by atoms with Gasteiger partial charge in [0.25, 0.3) is 0 Å². The molecule has 246 valence electrons. The van der Waals surface area contributed by atoms with E-state index in [4.69, 9.17) is 13.1 Å². The molecule has 0 radical (unpaired) electrons. The maximum atomic E-state index is 15.4. The van der Waals surface area contributed by atoms with Crippen molar-refractivity contribution in [1.82, 2.24) is 0 Å². The molecule has 0 aromatic heterocycles. The Morgan fingerprint density at radius 2 is 1.48 bits per heavy atom. The van der Waals surface area contributed by atoms with Crippen LogP contribution in [0.4, 0.5) is 8.78 Å². The van der Waals surface area contributed by atoms with Crippen LogP contribution in [0.3, 0.4) is 0 Å². The highest BCUT2D eigenvalue weighted by Gasteiger charge is 2.54. The van der Waals surface area contributed by atoms with Gasteiger partial charge in [0.05, 0.1) is 0 Å². The van der Waals surface area contributed by atoms with Crippen LogP contribution in [0.2, 0.25) is 0 Å². The molecule has 1 saturated carbocycles. The molecule has 3 aromatic rings. The summed E-state index contributed by atoms with van der Waals surface area (Å²) in [5, 5.41) is -4.59. The number of aryl methyl sites for hydroxylation is 2. The van der Waals surface area contributed by atoms with E-state index in [1.807, 2.05) is 6.92 Å². The van der Waals surface area contributed by atoms with E-state index in [-0.39, 0.29) is 12.2 Å². The van der Waals surface area contributed by atoms with Crippen molar-refractivity contribution in [3.63, 3.8) is 0 Å². The summed E-state index contributed by atoms with van der Waals surface area (Å²) in [6, 6.07) is 17.0. The normalized spacial score (nSPS) is 17.0. The molecule has 0 N–H and O–H groups in total. The Hall–Kier alpha value is -3.74. The zero-order chi connectivity index (χ0) is 33.5. The van der Waals surface area contributed by atoms with Crippen molar-refractivity contribution in [2.75, 3.05) is 13.2 Å². The van der Waals surface area contributed by atoms with Gasteiger partial charge in [0.15, 0.2) is 13.2 Å². The number of hydrogen-bond acceptors (Lipinski definition) is 8. The summed E-state index contributed by atoms with van der Waals surface area (Å²) in [5.41, 5.74) is 1.67. The van der Waals surface area contributed by atoms with Crippen molar-refractivity contribution in [1.29, 1.82) is 0 Å². The quantitative estimate of drug-likeness (QED) is 0.150. The fourth-order valence-corrected chi connectivity index (χ4v) is 11.4. The second-order valence-corrected chi connectivity index (χ2v) is 16.4. The summed E-state index contributed by atoms with van der Waals surface area (Å²) < 4.78 is 79.8. The first-order valence-electron chi connectivity index (χ1n) is 14.7. The molecule has 46 heavy (non-hydrogen) atoms. The highest BCUT2D eigenvalue weighted by molar-refractivity contribution is 8.33. The Morgan fingerprint density at radius 3 is 2.00 bits per heavy atom. The van der Waals surface area contributed by atoms with Crippen LogP contribution in [-0.2, 0) is 32.8 Å². The molecule has 0 unspecified atom stereocenters. The number of esters is 2. The SMILES string of the molecule is C=C(C)C(=O)OCC(F)(F)S(=O)(=O)OS1(c2cc(C)c(OCC(=O)OC3(C)CCCC3)c(C)c2)c2ccccc2-c2ccccc21. The lowest BCUT2D eigenvalue weighted by atomic mass is 10.1. The zero-order valence-corrected chi connectivity index (χ0v) is 27.7. The number of alkyl halides is 2. The summed E-state index contributed by atoms with van der Waals surface area (Å²) in [6.45, 7) is 7.86. The Bertz CT molecular complexity index is 1740. The number of halogens is 2. The Kier molecular flexibility index (Phi) is 9.11. The molecular weight excluding hydrogens is 638 g/mol. The minimum Gasteiger partial charge on any atom is -0.481 e. The van der Waals surface area contributed by atoms with Crippen molar-refractivity contribution >= 4 is 32.4 Å². The molecule has 0 amide bonds. The van der Waals surface area contributed by atoms with E-state index in [1.54, 1.807) is 74.5 Å². The van der Waals surface area contributed by atoms with Crippen molar-refractivity contribution in [3.05, 3.63) is 83.9 Å². The summed E-state index contributed by atoms with van der Waals surface area (Å²) in [6.07, 6.45) is 3.56. The fraction of sp³-hybridized carbons (Fsp3) is 0.353.